The summed E-state index contributed by atoms with van der Waals surface area (Å²) in [6, 6.07) is 2.77. The molecule has 1 atom stereocenters. The van der Waals surface area contributed by atoms with Crippen LogP contribution in [0.25, 0.3) is 0 Å². The smallest absolute Gasteiger partial charge is 0.261 e. The first-order chi connectivity index (χ1) is 13.3. The predicted octanol–water partition coefficient (Wildman–Crippen LogP) is 1.40. The van der Waals surface area contributed by atoms with Gasteiger partial charge >= 0.3 is 0 Å². The van der Waals surface area contributed by atoms with E-state index in [1.165, 1.54) is 12.1 Å². The van der Waals surface area contributed by atoms with Crippen LogP contribution in [0.15, 0.2) is 37.6 Å². The molecule has 3 N–H and O–H groups in total. The van der Waals surface area contributed by atoms with Crippen molar-refractivity contribution < 1.29 is 17.6 Å². The number of amidine groups is 1. The number of fused-ring (bicyclic) bond motifs is 3. The molecule has 10 nitrogen and oxygen atoms in total. The second-order valence-corrected chi connectivity index (χ2v) is 8.06. The molecular formula is C17H18N6O4S. The van der Waals surface area contributed by atoms with Gasteiger partial charge in [0, 0.05) is 12.7 Å². The Hall–Kier alpha value is -3.05. The Balaban J connectivity index is 1.67. The number of furan rings is 1. The average Bonchev–Trinajstić information content (AvgIpc) is 3.20. The second-order valence-electron chi connectivity index (χ2n) is 6.50. The maximum absolute atomic E-state index is 12.9. The highest BCUT2D eigenvalue weighted by molar-refractivity contribution is 7.89. The van der Waals surface area contributed by atoms with Gasteiger partial charge in [0.25, 0.3) is 5.91 Å². The minimum atomic E-state index is -3.86. The van der Waals surface area contributed by atoms with E-state index < -0.39 is 15.9 Å². The van der Waals surface area contributed by atoms with Crippen molar-refractivity contribution >= 4 is 39.8 Å². The first-order valence-electron chi connectivity index (χ1n) is 8.60. The first-order valence-corrected chi connectivity index (χ1v) is 10.1. The largest absolute Gasteiger partial charge is 0.442 e. The molecule has 0 spiro atoms. The Morgan fingerprint density at radius 2 is 2.21 bits per heavy atom. The maximum atomic E-state index is 12.9. The van der Waals surface area contributed by atoms with Crippen LogP contribution < -0.4 is 10.5 Å². The lowest BCUT2D eigenvalue weighted by Gasteiger charge is -2.18. The molecule has 4 heterocycles. The van der Waals surface area contributed by atoms with Crippen molar-refractivity contribution in [2.45, 2.75) is 31.2 Å². The van der Waals surface area contributed by atoms with Crippen LogP contribution in [0, 0.1) is 6.92 Å². The molecule has 0 fully saturated rings. The summed E-state index contributed by atoms with van der Waals surface area (Å²) in [6.07, 6.45) is 3.62. The fourth-order valence-corrected chi connectivity index (χ4v) is 3.61. The molecular weight excluding hydrogens is 384 g/mol. The number of carbonyl (C=O) groups excluding carboxylic acids is 1. The highest BCUT2D eigenvalue weighted by Crippen LogP contribution is 2.35. The zero-order valence-corrected chi connectivity index (χ0v) is 16.0. The number of aryl methyl sites for hydroxylation is 1. The zero-order chi connectivity index (χ0) is 20.1. The van der Waals surface area contributed by atoms with Crippen LogP contribution in [0.5, 0.6) is 0 Å². The summed E-state index contributed by atoms with van der Waals surface area (Å²) < 4.78 is 28.3. The van der Waals surface area contributed by atoms with Gasteiger partial charge in [-0.1, -0.05) is 6.92 Å². The number of sulfonamides is 1. The SMILES string of the molecule is CC[C@@H]1CN2C=Nc3oc(C)c(C(=O)Nc4ccc(S(N)(=O)=O)cn4)c3C2=N1. The lowest BCUT2D eigenvalue weighted by molar-refractivity contribution is 0.102. The molecule has 2 aliphatic heterocycles. The number of amides is 1. The highest BCUT2D eigenvalue weighted by Gasteiger charge is 2.36. The summed E-state index contributed by atoms with van der Waals surface area (Å²) in [4.78, 5) is 27.6. The Morgan fingerprint density at radius 1 is 1.43 bits per heavy atom. The van der Waals surface area contributed by atoms with E-state index in [1.807, 2.05) is 4.90 Å². The van der Waals surface area contributed by atoms with Gasteiger partial charge in [0.15, 0.2) is 0 Å². The third kappa shape index (κ3) is 3.08. The summed E-state index contributed by atoms with van der Waals surface area (Å²) in [5.41, 5.74) is 0.874. The molecule has 0 aliphatic carbocycles. The molecule has 0 saturated heterocycles. The Labute approximate surface area is 161 Å². The van der Waals surface area contributed by atoms with E-state index in [0.29, 0.717) is 35.2 Å². The van der Waals surface area contributed by atoms with Crippen LogP contribution >= 0.6 is 0 Å². The van der Waals surface area contributed by atoms with Crippen molar-refractivity contribution in [3.05, 3.63) is 35.2 Å². The van der Waals surface area contributed by atoms with E-state index in [9.17, 15) is 13.2 Å². The van der Waals surface area contributed by atoms with Crippen LogP contribution in [0.4, 0.5) is 11.7 Å². The third-order valence-electron chi connectivity index (χ3n) is 4.59. The van der Waals surface area contributed by atoms with Crippen molar-refractivity contribution in [2.24, 2.45) is 15.1 Å². The molecule has 0 saturated carbocycles. The molecule has 0 bridgehead atoms. The summed E-state index contributed by atoms with van der Waals surface area (Å²) >= 11 is 0. The molecule has 0 aromatic carbocycles. The Morgan fingerprint density at radius 3 is 2.86 bits per heavy atom. The molecule has 2 aliphatic rings. The molecule has 11 heteroatoms. The monoisotopic (exact) mass is 402 g/mol. The molecule has 146 valence electrons. The molecule has 4 rings (SSSR count). The number of nitrogens with zero attached hydrogens (tertiary/aromatic N) is 4. The first kappa shape index (κ1) is 18.3. The predicted molar refractivity (Wildman–Crippen MR) is 102 cm³/mol. The van der Waals surface area contributed by atoms with Crippen molar-refractivity contribution in [1.82, 2.24) is 9.88 Å². The highest BCUT2D eigenvalue weighted by atomic mass is 32.2. The normalized spacial score (nSPS) is 17.9. The van der Waals surface area contributed by atoms with E-state index in [1.54, 1.807) is 13.3 Å². The quantitative estimate of drug-likeness (QED) is 0.791. The number of rotatable bonds is 4. The molecule has 0 radical (unpaired) electrons. The zero-order valence-electron chi connectivity index (χ0n) is 15.2. The van der Waals surface area contributed by atoms with Gasteiger partial charge in [-0.05, 0) is 25.5 Å². The summed E-state index contributed by atoms with van der Waals surface area (Å²) in [5, 5.41) is 7.70. The van der Waals surface area contributed by atoms with E-state index >= 15 is 0 Å². The average molecular weight is 402 g/mol. The number of nitrogens with one attached hydrogen (secondary N) is 1. The van der Waals surface area contributed by atoms with Crippen LogP contribution in [0.1, 0.15) is 35.0 Å². The minimum Gasteiger partial charge on any atom is -0.442 e. The van der Waals surface area contributed by atoms with Crippen molar-refractivity contribution in [3.63, 3.8) is 0 Å². The van der Waals surface area contributed by atoms with Crippen molar-refractivity contribution in [2.75, 3.05) is 11.9 Å². The maximum Gasteiger partial charge on any atom is 0.261 e. The van der Waals surface area contributed by atoms with Gasteiger partial charge in [-0.25, -0.2) is 23.5 Å². The minimum absolute atomic E-state index is 0.131. The van der Waals surface area contributed by atoms with Crippen molar-refractivity contribution in [1.29, 1.82) is 0 Å². The molecule has 2 aromatic heterocycles. The van der Waals surface area contributed by atoms with Crippen LogP contribution in [0.2, 0.25) is 0 Å². The number of anilines is 1. The van der Waals surface area contributed by atoms with Crippen LogP contribution in [-0.4, -0.2) is 49.0 Å². The topological polar surface area (TPSA) is 143 Å². The molecule has 2 aromatic rings. The van der Waals surface area contributed by atoms with Gasteiger partial charge < -0.3 is 14.6 Å². The lowest BCUT2D eigenvalue weighted by Crippen LogP contribution is -2.31. The fourth-order valence-electron chi connectivity index (χ4n) is 3.16. The fraction of sp³-hybridized carbons (Fsp3) is 0.294. The standard InChI is InChI=1S/C17H18N6O4S/c1-3-10-7-23-8-20-17-14(15(23)21-10)13(9(2)27-17)16(24)22-12-5-4-11(6-19-12)28(18,25)26/h4-6,8,10H,3,7H2,1-2H3,(H2,18,25,26)(H,19,22,24)/t10-/m1/s1. The van der Waals surface area contributed by atoms with Gasteiger partial charge in [0.05, 0.1) is 17.2 Å². The van der Waals surface area contributed by atoms with Gasteiger partial charge in [0.2, 0.25) is 15.9 Å². The summed E-state index contributed by atoms with van der Waals surface area (Å²) in [6.45, 7) is 4.43. The number of hydrogen-bond acceptors (Lipinski definition) is 8. The molecule has 1 amide bonds. The Kier molecular flexibility index (Phi) is 4.27. The van der Waals surface area contributed by atoms with Gasteiger partial charge in [0.1, 0.15) is 28.6 Å². The van der Waals surface area contributed by atoms with Gasteiger partial charge in [-0.2, -0.15) is 0 Å². The van der Waals surface area contributed by atoms with Crippen LogP contribution in [-0.2, 0) is 10.0 Å². The molecule has 0 unspecified atom stereocenters. The number of primary sulfonamides is 1. The van der Waals surface area contributed by atoms with Gasteiger partial charge in [-0.15, -0.1) is 0 Å². The number of aromatic nitrogens is 1. The lowest BCUT2D eigenvalue weighted by atomic mass is 10.1. The Bertz CT molecular complexity index is 1120. The van der Waals surface area contributed by atoms with Crippen molar-refractivity contribution in [3.8, 4) is 0 Å². The second kappa shape index (κ2) is 6.53. The molecule has 28 heavy (non-hydrogen) atoms. The number of hydrogen-bond donors (Lipinski definition) is 2. The number of carbonyl (C=O) groups is 1. The number of nitrogens with two attached hydrogens (primary N) is 1. The number of pyridine rings is 1. The third-order valence-corrected chi connectivity index (χ3v) is 5.49. The van der Waals surface area contributed by atoms with E-state index in [2.05, 4.69) is 27.2 Å². The van der Waals surface area contributed by atoms with E-state index in [0.717, 1.165) is 12.6 Å². The van der Waals surface area contributed by atoms with E-state index in [-0.39, 0.29) is 16.8 Å². The summed E-state index contributed by atoms with van der Waals surface area (Å²) in [7, 11) is -3.86. The summed E-state index contributed by atoms with van der Waals surface area (Å²) in [5.74, 6) is 1.15. The van der Waals surface area contributed by atoms with Gasteiger partial charge in [-0.3, -0.25) is 9.79 Å². The van der Waals surface area contributed by atoms with Crippen LogP contribution in [0.3, 0.4) is 0 Å². The van der Waals surface area contributed by atoms with E-state index in [4.69, 9.17) is 9.56 Å². The number of aliphatic imine (C=N–C) groups is 2.